The van der Waals surface area contributed by atoms with Gasteiger partial charge in [0.2, 0.25) is 5.91 Å². The van der Waals surface area contributed by atoms with Gasteiger partial charge < -0.3 is 14.6 Å². The van der Waals surface area contributed by atoms with Crippen LogP contribution in [0.1, 0.15) is 144 Å². The van der Waals surface area contributed by atoms with Gasteiger partial charge in [-0.15, -0.1) is 0 Å². The SMILES string of the molecule is CC(=O)O[C@H]1CC[C@]2(C)[C@H]3CC[C@@H]4[C@H]5[C@H](C(C)C)CC[C@]5(C(=O)N5CCCC5c5ncc(-c6ccc(F)cc6)[nH]5)CC[C@@]4(C)[C@]3(C)CC[C@H]2C1(C)C. The van der Waals surface area contributed by atoms with E-state index in [1.54, 1.807) is 19.1 Å². The van der Waals surface area contributed by atoms with Crippen molar-refractivity contribution < 1.29 is 18.7 Å². The molecule has 52 heavy (non-hydrogen) atoms. The molecule has 1 unspecified atom stereocenters. The van der Waals surface area contributed by atoms with Gasteiger partial charge in [0.15, 0.2) is 0 Å². The number of rotatable bonds is 5. The van der Waals surface area contributed by atoms with Crippen LogP contribution in [0.15, 0.2) is 30.5 Å². The quantitative estimate of drug-likeness (QED) is 0.313. The van der Waals surface area contributed by atoms with Gasteiger partial charge in [0, 0.05) is 18.9 Å². The van der Waals surface area contributed by atoms with E-state index in [1.165, 1.54) is 37.8 Å². The van der Waals surface area contributed by atoms with E-state index in [-0.39, 0.29) is 51.0 Å². The Bertz CT molecular complexity index is 1700. The zero-order valence-electron chi connectivity index (χ0n) is 33.2. The Morgan fingerprint density at radius 2 is 1.63 bits per heavy atom. The third-order valence-corrected chi connectivity index (χ3v) is 17.6. The average Bonchev–Trinajstić information content (AvgIpc) is 3.85. The van der Waals surface area contributed by atoms with Crippen LogP contribution in [-0.2, 0) is 14.3 Å². The lowest BCUT2D eigenvalue weighted by atomic mass is 9.32. The highest BCUT2D eigenvalue weighted by Gasteiger charge is 2.72. The summed E-state index contributed by atoms with van der Waals surface area (Å²) in [5.41, 5.74) is 2.05. The zero-order chi connectivity index (χ0) is 37.0. The van der Waals surface area contributed by atoms with Crippen molar-refractivity contribution in [2.75, 3.05) is 6.54 Å². The maximum absolute atomic E-state index is 15.4. The van der Waals surface area contributed by atoms with Crippen molar-refractivity contribution in [1.82, 2.24) is 14.9 Å². The molecule has 6 fully saturated rings. The van der Waals surface area contributed by atoms with Gasteiger partial charge in [-0.1, -0.05) is 48.5 Å². The number of hydrogen-bond donors (Lipinski definition) is 1. The Morgan fingerprint density at radius 3 is 2.35 bits per heavy atom. The summed E-state index contributed by atoms with van der Waals surface area (Å²) in [4.78, 5) is 38.2. The number of halogens is 1. The van der Waals surface area contributed by atoms with Crippen molar-refractivity contribution in [3.63, 3.8) is 0 Å². The third kappa shape index (κ3) is 5.08. The molecule has 6 aliphatic rings. The molecule has 0 spiro atoms. The number of nitrogens with zero attached hydrogens (tertiary/aromatic N) is 2. The van der Waals surface area contributed by atoms with Crippen molar-refractivity contribution in [3.05, 3.63) is 42.1 Å². The lowest BCUT2D eigenvalue weighted by molar-refractivity contribution is -0.251. The van der Waals surface area contributed by atoms with E-state index in [0.29, 0.717) is 41.4 Å². The first kappa shape index (κ1) is 36.3. The first-order valence-electron chi connectivity index (χ1n) is 20.9. The van der Waals surface area contributed by atoms with Crippen LogP contribution in [0.3, 0.4) is 0 Å². The number of imidazole rings is 1. The standard InChI is InChI=1S/C45H64FN3O3/c1-27(2)31-17-22-45(40(51)49-25-9-10-34(49)39-47-26-33(48-39)29-11-13-30(46)14-12-29)24-23-43(7)32(38(31)45)15-16-36-42(6)20-19-37(52-28(3)50)41(4,5)35(42)18-21-44(36,43)8/h11-14,26-27,31-32,34-38H,9-10,15-25H2,1-8H3,(H,47,48)/t31-,32+,34?,35-,36+,37-,38+,42-,43+,44+,45-/m0/s1. The fourth-order valence-electron chi connectivity index (χ4n) is 15.0. The predicted octanol–water partition coefficient (Wildman–Crippen LogP) is 10.5. The normalized spacial score (nSPS) is 42.3. The minimum atomic E-state index is -0.303. The smallest absolute Gasteiger partial charge is 0.302 e. The Morgan fingerprint density at radius 1 is 0.885 bits per heavy atom. The molecule has 6 nitrogen and oxygen atoms in total. The molecule has 8 rings (SSSR count). The number of likely N-dealkylation sites (tertiary alicyclic amines) is 1. The van der Waals surface area contributed by atoms with Gasteiger partial charge in [-0.05, 0) is 159 Å². The molecule has 0 bridgehead atoms. The second-order valence-corrected chi connectivity index (χ2v) is 20.1. The van der Waals surface area contributed by atoms with E-state index in [0.717, 1.165) is 75.0 Å². The zero-order valence-corrected chi connectivity index (χ0v) is 33.2. The second-order valence-electron chi connectivity index (χ2n) is 20.1. The first-order valence-corrected chi connectivity index (χ1v) is 20.9. The second kappa shape index (κ2) is 12.4. The van der Waals surface area contributed by atoms with Crippen LogP contribution in [0.4, 0.5) is 4.39 Å². The van der Waals surface area contributed by atoms with Crippen molar-refractivity contribution in [1.29, 1.82) is 0 Å². The van der Waals surface area contributed by atoms with E-state index in [2.05, 4.69) is 58.4 Å². The molecule has 1 aliphatic heterocycles. The summed E-state index contributed by atoms with van der Waals surface area (Å²) < 4.78 is 19.7. The van der Waals surface area contributed by atoms with Crippen molar-refractivity contribution in [2.45, 2.75) is 145 Å². The molecule has 1 amide bonds. The number of amides is 1. The summed E-state index contributed by atoms with van der Waals surface area (Å²) in [6.45, 7) is 19.9. The number of benzene rings is 1. The topological polar surface area (TPSA) is 75.3 Å². The van der Waals surface area contributed by atoms with Crippen LogP contribution < -0.4 is 0 Å². The van der Waals surface area contributed by atoms with Crippen LogP contribution >= 0.6 is 0 Å². The summed E-state index contributed by atoms with van der Waals surface area (Å²) in [5, 5.41) is 0. The summed E-state index contributed by atoms with van der Waals surface area (Å²) in [6.07, 6.45) is 15.0. The number of H-pyrrole nitrogens is 1. The molecule has 284 valence electrons. The molecule has 7 heteroatoms. The molecule has 11 atom stereocenters. The summed E-state index contributed by atoms with van der Waals surface area (Å²) in [5.74, 6) is 4.11. The number of ether oxygens (including phenoxy) is 1. The molecule has 2 aromatic rings. The lowest BCUT2D eigenvalue weighted by Gasteiger charge is -2.73. The van der Waals surface area contributed by atoms with Gasteiger partial charge in [-0.25, -0.2) is 9.37 Å². The Labute approximate surface area is 311 Å². The fourth-order valence-corrected chi connectivity index (χ4v) is 15.0. The number of aromatic amines is 1. The molecule has 5 saturated carbocycles. The summed E-state index contributed by atoms with van der Waals surface area (Å²) in [7, 11) is 0. The predicted molar refractivity (Wildman–Crippen MR) is 202 cm³/mol. The van der Waals surface area contributed by atoms with Crippen molar-refractivity contribution >= 4 is 11.9 Å². The molecule has 1 saturated heterocycles. The summed E-state index contributed by atoms with van der Waals surface area (Å²) in [6, 6.07) is 6.50. The number of hydrogen-bond acceptors (Lipinski definition) is 4. The van der Waals surface area contributed by atoms with Gasteiger partial charge >= 0.3 is 5.97 Å². The van der Waals surface area contributed by atoms with Gasteiger partial charge in [0.25, 0.3) is 0 Å². The van der Waals surface area contributed by atoms with E-state index < -0.39 is 0 Å². The van der Waals surface area contributed by atoms with Crippen LogP contribution in [0.5, 0.6) is 0 Å². The largest absolute Gasteiger partial charge is 0.462 e. The van der Waals surface area contributed by atoms with Crippen LogP contribution in [0.25, 0.3) is 11.3 Å². The van der Waals surface area contributed by atoms with E-state index >= 15 is 4.79 Å². The third-order valence-electron chi connectivity index (χ3n) is 17.6. The van der Waals surface area contributed by atoms with E-state index in [4.69, 9.17) is 9.72 Å². The number of nitrogens with one attached hydrogen (secondary N) is 1. The monoisotopic (exact) mass is 713 g/mol. The number of carbonyl (C=O) groups is 2. The first-order chi connectivity index (χ1) is 24.6. The highest BCUT2D eigenvalue weighted by atomic mass is 19.1. The number of esters is 1. The molecule has 1 aromatic heterocycles. The minimum Gasteiger partial charge on any atom is -0.462 e. The van der Waals surface area contributed by atoms with Gasteiger partial charge in [-0.2, -0.15) is 0 Å². The van der Waals surface area contributed by atoms with Gasteiger partial charge in [0.05, 0.1) is 23.3 Å². The van der Waals surface area contributed by atoms with Crippen LogP contribution in [0.2, 0.25) is 0 Å². The number of aromatic nitrogens is 2. The Kier molecular flexibility index (Phi) is 8.66. The van der Waals surface area contributed by atoms with Gasteiger partial charge in [-0.3, -0.25) is 9.59 Å². The Balaban J connectivity index is 1.10. The molecule has 0 radical (unpaired) electrons. The Hall–Kier alpha value is -2.70. The average molecular weight is 714 g/mol. The van der Waals surface area contributed by atoms with Crippen LogP contribution in [0, 0.1) is 68.4 Å². The van der Waals surface area contributed by atoms with Crippen molar-refractivity contribution in [3.8, 4) is 11.3 Å². The molecular formula is C45H64FN3O3. The highest BCUT2D eigenvalue weighted by molar-refractivity contribution is 5.84. The van der Waals surface area contributed by atoms with Gasteiger partial charge in [0.1, 0.15) is 17.7 Å². The number of carbonyl (C=O) groups excluding carboxylic acids is 2. The molecule has 1 N–H and O–H groups in total. The molecule has 5 aliphatic carbocycles. The fraction of sp³-hybridized carbons (Fsp3) is 0.756. The van der Waals surface area contributed by atoms with E-state index in [9.17, 15) is 9.18 Å². The maximum atomic E-state index is 15.4. The molecule has 1 aromatic carbocycles. The molecule has 2 heterocycles. The summed E-state index contributed by atoms with van der Waals surface area (Å²) >= 11 is 0. The number of fused-ring (bicyclic) bond motifs is 7. The van der Waals surface area contributed by atoms with E-state index in [1.807, 2.05) is 6.20 Å². The van der Waals surface area contributed by atoms with Crippen LogP contribution in [-0.4, -0.2) is 39.4 Å². The molecular weight excluding hydrogens is 650 g/mol. The highest BCUT2D eigenvalue weighted by Crippen LogP contribution is 2.78. The minimum absolute atomic E-state index is 0.00366. The van der Waals surface area contributed by atoms with Crippen molar-refractivity contribution in [2.24, 2.45) is 62.6 Å². The lowest BCUT2D eigenvalue weighted by Crippen LogP contribution is -2.67. The maximum Gasteiger partial charge on any atom is 0.302 e.